The van der Waals surface area contributed by atoms with Gasteiger partial charge in [-0.25, -0.2) is 26.3 Å². The molecule has 0 aliphatic carbocycles. The molecule has 0 fully saturated rings. The van der Waals surface area contributed by atoms with Crippen molar-refractivity contribution >= 4 is 21.6 Å². The van der Waals surface area contributed by atoms with E-state index in [9.17, 15) is 26.4 Å². The third kappa shape index (κ3) is 4.61. The van der Waals surface area contributed by atoms with Crippen molar-refractivity contribution < 1.29 is 26.4 Å². The van der Waals surface area contributed by atoms with Crippen molar-refractivity contribution in [3.63, 3.8) is 0 Å². The summed E-state index contributed by atoms with van der Waals surface area (Å²) in [5.41, 5.74) is -0.180. The maximum absolute atomic E-state index is 14.0. The Labute approximate surface area is 149 Å². The van der Waals surface area contributed by atoms with Crippen molar-refractivity contribution in [3.8, 4) is 0 Å². The second-order valence-electron chi connectivity index (χ2n) is 5.66. The Hall–Kier alpha value is -2.39. The normalized spacial score (nSPS) is 12.7. The van der Waals surface area contributed by atoms with Crippen molar-refractivity contribution in [2.24, 2.45) is 0 Å². The third-order valence-corrected chi connectivity index (χ3v) is 5.23. The molecule has 0 saturated carbocycles. The first kappa shape index (κ1) is 19.9. The Kier molecular flexibility index (Phi) is 6.04. The second kappa shape index (κ2) is 7.88. The van der Waals surface area contributed by atoms with Gasteiger partial charge in [-0.1, -0.05) is 6.92 Å². The Bertz CT molecular complexity index is 933. The highest BCUT2D eigenvalue weighted by Crippen LogP contribution is 2.19. The van der Waals surface area contributed by atoms with Crippen LogP contribution >= 0.6 is 0 Å². The average Bonchev–Trinajstić information content (AvgIpc) is 2.57. The minimum absolute atomic E-state index is 0.0274. The number of benzene rings is 2. The van der Waals surface area contributed by atoms with Crippen LogP contribution in [-0.4, -0.2) is 20.4 Å². The molecule has 0 bridgehead atoms. The van der Waals surface area contributed by atoms with Crippen molar-refractivity contribution in [1.29, 1.82) is 0 Å². The molecule has 0 spiro atoms. The number of hydrogen-bond donors (Lipinski definition) is 2. The molecular weight excluding hydrogens is 369 g/mol. The van der Waals surface area contributed by atoms with E-state index in [2.05, 4.69) is 10.0 Å². The zero-order chi connectivity index (χ0) is 19.5. The van der Waals surface area contributed by atoms with Gasteiger partial charge in [0, 0.05) is 23.4 Å². The fourth-order valence-corrected chi connectivity index (χ4v) is 3.47. The molecular formula is C17H17F3N2O3S. The Morgan fingerprint density at radius 2 is 1.69 bits per heavy atom. The van der Waals surface area contributed by atoms with Gasteiger partial charge in [0.05, 0.1) is 0 Å². The monoisotopic (exact) mass is 386 g/mol. The molecule has 2 aromatic carbocycles. The highest BCUT2D eigenvalue weighted by atomic mass is 32.2. The van der Waals surface area contributed by atoms with Crippen LogP contribution in [0.15, 0.2) is 41.3 Å². The molecule has 1 atom stereocenters. The fourth-order valence-electron chi connectivity index (χ4n) is 2.04. The summed E-state index contributed by atoms with van der Waals surface area (Å²) in [5, 5.41) is 2.29. The standard InChI is InChI=1S/C17H17F3N2O3S/c1-3-10(2)22-26(24,25)16-8-11(4-6-14(16)19)17(23)21-12-5-7-13(18)15(20)9-12/h4-10,22H,3H2,1-2H3,(H,21,23)/t10-/m0/s1. The largest absolute Gasteiger partial charge is 0.322 e. The lowest BCUT2D eigenvalue weighted by Gasteiger charge is -2.13. The summed E-state index contributed by atoms with van der Waals surface area (Å²) in [6, 6.07) is 5.16. The summed E-state index contributed by atoms with van der Waals surface area (Å²) < 4.78 is 66.9. The number of halogens is 3. The van der Waals surface area contributed by atoms with E-state index in [0.717, 1.165) is 36.4 Å². The quantitative estimate of drug-likeness (QED) is 0.799. The van der Waals surface area contributed by atoms with Crippen LogP contribution in [0.5, 0.6) is 0 Å². The zero-order valence-corrected chi connectivity index (χ0v) is 14.8. The van der Waals surface area contributed by atoms with Crippen molar-refractivity contribution in [2.45, 2.75) is 31.2 Å². The van der Waals surface area contributed by atoms with Gasteiger partial charge in [-0.05, 0) is 43.7 Å². The van der Waals surface area contributed by atoms with Crippen molar-refractivity contribution in [2.75, 3.05) is 5.32 Å². The summed E-state index contributed by atoms with van der Waals surface area (Å²) in [6.45, 7) is 3.38. The molecule has 0 aliphatic rings. The molecule has 5 nitrogen and oxygen atoms in total. The smallest absolute Gasteiger partial charge is 0.255 e. The summed E-state index contributed by atoms with van der Waals surface area (Å²) in [5.74, 6) is -4.03. The lowest BCUT2D eigenvalue weighted by Crippen LogP contribution is -2.32. The van der Waals surface area contributed by atoms with E-state index < -0.39 is 44.3 Å². The molecule has 0 heterocycles. The van der Waals surface area contributed by atoms with Crippen LogP contribution < -0.4 is 10.0 Å². The third-order valence-electron chi connectivity index (χ3n) is 3.63. The van der Waals surface area contributed by atoms with Gasteiger partial charge in [-0.15, -0.1) is 0 Å². The molecule has 0 radical (unpaired) electrons. The summed E-state index contributed by atoms with van der Waals surface area (Å²) in [4.78, 5) is 11.5. The van der Waals surface area contributed by atoms with E-state index in [1.165, 1.54) is 0 Å². The molecule has 2 N–H and O–H groups in total. The maximum atomic E-state index is 14.0. The van der Waals surface area contributed by atoms with Crippen LogP contribution in [0.1, 0.15) is 30.6 Å². The Morgan fingerprint density at radius 3 is 2.31 bits per heavy atom. The van der Waals surface area contributed by atoms with Gasteiger partial charge in [0.15, 0.2) is 11.6 Å². The molecule has 1 amide bonds. The minimum atomic E-state index is -4.16. The van der Waals surface area contributed by atoms with Gasteiger partial charge in [-0.2, -0.15) is 0 Å². The van der Waals surface area contributed by atoms with Crippen molar-refractivity contribution in [1.82, 2.24) is 4.72 Å². The van der Waals surface area contributed by atoms with Gasteiger partial charge in [-0.3, -0.25) is 4.79 Å². The van der Waals surface area contributed by atoms with Gasteiger partial charge in [0.1, 0.15) is 10.7 Å². The van der Waals surface area contributed by atoms with Crippen LogP contribution in [0.2, 0.25) is 0 Å². The van der Waals surface area contributed by atoms with Crippen molar-refractivity contribution in [3.05, 3.63) is 59.4 Å². The summed E-state index contributed by atoms with van der Waals surface area (Å²) >= 11 is 0. The van der Waals surface area contributed by atoms with E-state index in [1.54, 1.807) is 13.8 Å². The Morgan fingerprint density at radius 1 is 1.04 bits per heavy atom. The topological polar surface area (TPSA) is 75.3 Å². The predicted molar refractivity (Wildman–Crippen MR) is 90.8 cm³/mol. The van der Waals surface area contributed by atoms with E-state index >= 15 is 0 Å². The van der Waals surface area contributed by atoms with Gasteiger partial charge in [0.25, 0.3) is 5.91 Å². The summed E-state index contributed by atoms with van der Waals surface area (Å²) in [6.07, 6.45) is 0.497. The summed E-state index contributed by atoms with van der Waals surface area (Å²) in [7, 11) is -4.16. The highest BCUT2D eigenvalue weighted by molar-refractivity contribution is 7.89. The molecule has 0 aromatic heterocycles. The molecule has 0 saturated heterocycles. The first-order valence-corrected chi connectivity index (χ1v) is 9.20. The number of amides is 1. The second-order valence-corrected chi connectivity index (χ2v) is 7.34. The van der Waals surface area contributed by atoms with Crippen LogP contribution in [0.4, 0.5) is 18.9 Å². The first-order valence-electron chi connectivity index (χ1n) is 7.72. The minimum Gasteiger partial charge on any atom is -0.322 e. The van der Waals surface area contributed by atoms with E-state index in [-0.39, 0.29) is 11.3 Å². The maximum Gasteiger partial charge on any atom is 0.255 e. The zero-order valence-electron chi connectivity index (χ0n) is 14.0. The van der Waals surface area contributed by atoms with Crippen LogP contribution in [0, 0.1) is 17.5 Å². The number of carbonyl (C=O) groups is 1. The number of sulfonamides is 1. The number of anilines is 1. The average molecular weight is 386 g/mol. The number of carbonyl (C=O) groups excluding carboxylic acids is 1. The first-order chi connectivity index (χ1) is 12.1. The van der Waals surface area contributed by atoms with Crippen LogP contribution in [0.25, 0.3) is 0 Å². The van der Waals surface area contributed by atoms with Gasteiger partial charge < -0.3 is 5.32 Å². The lowest BCUT2D eigenvalue weighted by molar-refractivity contribution is 0.102. The molecule has 26 heavy (non-hydrogen) atoms. The lowest BCUT2D eigenvalue weighted by atomic mass is 10.2. The van der Waals surface area contributed by atoms with Crippen LogP contribution in [0.3, 0.4) is 0 Å². The molecule has 9 heteroatoms. The van der Waals surface area contributed by atoms with E-state index in [0.29, 0.717) is 6.42 Å². The van der Waals surface area contributed by atoms with E-state index in [1.807, 2.05) is 0 Å². The van der Waals surface area contributed by atoms with E-state index in [4.69, 9.17) is 0 Å². The molecule has 2 rings (SSSR count). The van der Waals surface area contributed by atoms with Gasteiger partial charge in [0.2, 0.25) is 10.0 Å². The Balaban J connectivity index is 2.30. The SMILES string of the molecule is CC[C@H](C)NS(=O)(=O)c1cc(C(=O)Nc2ccc(F)c(F)c2)ccc1F. The number of hydrogen-bond acceptors (Lipinski definition) is 3. The number of rotatable bonds is 6. The van der Waals surface area contributed by atoms with Gasteiger partial charge >= 0.3 is 0 Å². The molecule has 0 aliphatic heterocycles. The molecule has 2 aromatic rings. The predicted octanol–water partition coefficient (Wildman–Crippen LogP) is 3.43. The molecule has 140 valence electrons. The fraction of sp³-hybridized carbons (Fsp3) is 0.235. The van der Waals surface area contributed by atoms with Crippen LogP contribution in [-0.2, 0) is 10.0 Å². The highest BCUT2D eigenvalue weighted by Gasteiger charge is 2.22. The molecule has 0 unspecified atom stereocenters. The number of nitrogens with one attached hydrogen (secondary N) is 2.